The summed E-state index contributed by atoms with van der Waals surface area (Å²) in [6.45, 7) is -2.39. The Balaban J connectivity index is 0.00000650. The van der Waals surface area contributed by atoms with Crippen molar-refractivity contribution in [1.29, 1.82) is 0 Å². The van der Waals surface area contributed by atoms with E-state index in [0.717, 1.165) is 13.0 Å². The van der Waals surface area contributed by atoms with Crippen molar-refractivity contribution in [2.45, 2.75) is 81.7 Å². The van der Waals surface area contributed by atoms with E-state index in [1.165, 1.54) is 0 Å². The maximum atomic E-state index is 11.5. The van der Waals surface area contributed by atoms with Crippen molar-refractivity contribution in [1.82, 2.24) is 0 Å². The van der Waals surface area contributed by atoms with Gasteiger partial charge in [0.2, 0.25) is 5.76 Å². The average molecular weight is 848 g/mol. The normalized spacial score (nSPS) is 36.2. The Morgan fingerprint density at radius 3 is 1.76 bits per heavy atom. The van der Waals surface area contributed by atoms with Gasteiger partial charge in [-0.2, -0.15) is 25.3 Å². The fraction of sp³-hybridized carbons (Fsp3) is 0.870. The van der Waals surface area contributed by atoms with E-state index in [1.54, 1.807) is 0 Å². The van der Waals surface area contributed by atoms with Crippen molar-refractivity contribution < 1.29 is 129 Å². The predicted octanol–water partition coefficient (Wildman–Crippen LogP) is -4.60. The van der Waals surface area contributed by atoms with E-state index in [2.05, 4.69) is 12.5 Å². The number of ether oxygens (including phenoxy) is 5. The Morgan fingerprint density at radius 1 is 0.706 bits per heavy atom. The monoisotopic (exact) mass is 847 g/mol. The molecule has 0 aliphatic carbocycles. The van der Waals surface area contributed by atoms with Gasteiger partial charge in [-0.1, -0.05) is 7.43 Å². The molecule has 51 heavy (non-hydrogen) atoms. The Hall–Kier alpha value is -1.16. The van der Waals surface area contributed by atoms with Crippen LogP contribution in [0.25, 0.3) is 0 Å². The standard InChI is InChI=1S/C22H36O24S3.CH4.V/c1-8-19(45-48(33,34)35)18(26)20(46-49(36,37)38)15(42-8)6-39-3-9-10(22(29)44-14(16(9)24)7-41-47(30,31)32)4-40-5-13-17(25)11(23)2-12(43-13)21(27)28;;/h2,8-11,13-20,22-26,29H,3-7H2,1H3,(H,27,28)(H,30,31,32)(H,33,34,35)(H,36,37,38);1H4;/t8?,9?,10?,11?,13-,14?,15-,16-,17?,18?,19+,20?,22?;;/m0../s1. The molecule has 13 atom stereocenters. The maximum absolute atomic E-state index is 11.5. The molecular weight excluding hydrogens is 807 g/mol. The molecule has 0 bridgehead atoms. The number of aliphatic hydroxyl groups is 5. The van der Waals surface area contributed by atoms with Crippen molar-refractivity contribution in [3.8, 4) is 0 Å². The first kappa shape index (κ1) is 47.9. The third-order valence-electron chi connectivity index (χ3n) is 7.52. The van der Waals surface area contributed by atoms with Gasteiger partial charge in [0, 0.05) is 30.4 Å². The van der Waals surface area contributed by atoms with Gasteiger partial charge in [-0.25, -0.2) is 17.3 Å². The summed E-state index contributed by atoms with van der Waals surface area (Å²) in [6, 6.07) is 0. The molecular formula is C23H40O24S3V. The number of carboxylic acid groups (broad SMARTS) is 1. The largest absolute Gasteiger partial charge is 0.478 e. The summed E-state index contributed by atoms with van der Waals surface area (Å²) in [5.41, 5.74) is 0. The molecule has 0 aromatic rings. The fourth-order valence-corrected chi connectivity index (χ4v) is 6.62. The molecule has 24 nitrogen and oxygen atoms in total. The molecule has 1 radical (unpaired) electrons. The second-order valence-corrected chi connectivity index (χ2v) is 14.2. The summed E-state index contributed by atoms with van der Waals surface area (Å²) in [5.74, 6) is -4.84. The van der Waals surface area contributed by atoms with Crippen LogP contribution in [0.3, 0.4) is 0 Å². The number of carbonyl (C=O) groups is 1. The van der Waals surface area contributed by atoms with Crippen molar-refractivity contribution >= 4 is 37.2 Å². The van der Waals surface area contributed by atoms with Crippen LogP contribution in [-0.4, -0.2) is 176 Å². The molecule has 0 aromatic carbocycles. The van der Waals surface area contributed by atoms with Crippen LogP contribution < -0.4 is 0 Å². The minimum absolute atomic E-state index is 0. The Labute approximate surface area is 303 Å². The smallest absolute Gasteiger partial charge is 0.397 e. The van der Waals surface area contributed by atoms with Crippen LogP contribution >= 0.6 is 0 Å². The molecule has 0 amide bonds. The predicted molar refractivity (Wildman–Crippen MR) is 156 cm³/mol. The topological polar surface area (TPSA) is 375 Å². The zero-order valence-electron chi connectivity index (χ0n) is 25.4. The summed E-state index contributed by atoms with van der Waals surface area (Å²) in [6.07, 6.45) is -18.5. The first-order valence-corrected chi connectivity index (χ1v) is 18.0. The van der Waals surface area contributed by atoms with Gasteiger partial charge in [0.05, 0.1) is 45.2 Å². The van der Waals surface area contributed by atoms with Crippen LogP contribution in [0.2, 0.25) is 0 Å². The zero-order chi connectivity index (χ0) is 37.1. The number of carboxylic acids is 1. The second kappa shape index (κ2) is 19.4. The van der Waals surface area contributed by atoms with Gasteiger partial charge in [0.15, 0.2) is 12.4 Å². The summed E-state index contributed by atoms with van der Waals surface area (Å²) in [4.78, 5) is 11.3. The van der Waals surface area contributed by atoms with Gasteiger partial charge in [-0.3, -0.25) is 13.7 Å². The Morgan fingerprint density at radius 2 is 1.24 bits per heavy atom. The molecule has 0 aromatic heterocycles. The van der Waals surface area contributed by atoms with Crippen molar-refractivity contribution in [2.24, 2.45) is 11.8 Å². The molecule has 3 heterocycles. The van der Waals surface area contributed by atoms with Crippen molar-refractivity contribution in [2.75, 3.05) is 33.0 Å². The zero-order valence-corrected chi connectivity index (χ0v) is 29.3. The fourth-order valence-electron chi connectivity index (χ4n) is 5.24. The molecule has 2 fully saturated rings. The van der Waals surface area contributed by atoms with Gasteiger partial charge in [0.1, 0.15) is 42.7 Å². The van der Waals surface area contributed by atoms with Crippen LogP contribution in [0, 0.1) is 11.8 Å². The molecule has 9 N–H and O–H groups in total. The van der Waals surface area contributed by atoms with Crippen LogP contribution in [0.1, 0.15) is 14.4 Å². The average Bonchev–Trinajstić information content (AvgIpc) is 2.95. The molecule has 28 heteroatoms. The van der Waals surface area contributed by atoms with E-state index < -0.39 is 155 Å². The summed E-state index contributed by atoms with van der Waals surface area (Å²) in [5, 5.41) is 61.5. The number of aliphatic hydroxyl groups excluding tert-OH is 5. The molecule has 9 unspecified atom stereocenters. The summed E-state index contributed by atoms with van der Waals surface area (Å²) >= 11 is 0. The third-order valence-corrected chi connectivity index (χ3v) is 8.88. The second-order valence-electron chi connectivity index (χ2n) is 11.0. The van der Waals surface area contributed by atoms with Gasteiger partial charge in [-0.15, -0.1) is 0 Å². The van der Waals surface area contributed by atoms with E-state index in [0.29, 0.717) is 0 Å². The maximum Gasteiger partial charge on any atom is 0.397 e. The molecule has 3 aliphatic heterocycles. The summed E-state index contributed by atoms with van der Waals surface area (Å²) in [7, 11) is -15.6. The first-order chi connectivity index (χ1) is 22.5. The number of aliphatic carboxylic acids is 1. The van der Waals surface area contributed by atoms with Crippen LogP contribution in [0.5, 0.6) is 0 Å². The molecule has 0 spiro atoms. The van der Waals surface area contributed by atoms with Crippen molar-refractivity contribution in [3.05, 3.63) is 11.8 Å². The Kier molecular flexibility index (Phi) is 18.2. The molecule has 299 valence electrons. The molecule has 3 aliphatic rings. The van der Waals surface area contributed by atoms with Gasteiger partial charge < -0.3 is 54.3 Å². The number of hydrogen-bond acceptors (Lipinski definition) is 20. The van der Waals surface area contributed by atoms with E-state index >= 15 is 0 Å². The van der Waals surface area contributed by atoms with E-state index in [1.807, 2.05) is 0 Å². The van der Waals surface area contributed by atoms with E-state index in [4.69, 9.17) is 37.9 Å². The minimum atomic E-state index is -5.34. The number of rotatable bonds is 16. The van der Waals surface area contributed by atoms with Gasteiger partial charge in [-0.05, 0) is 13.0 Å². The summed E-state index contributed by atoms with van der Waals surface area (Å²) < 4.78 is 134. The molecule has 2 saturated heterocycles. The first-order valence-electron chi connectivity index (χ1n) is 13.9. The van der Waals surface area contributed by atoms with Crippen LogP contribution in [0.4, 0.5) is 0 Å². The third kappa shape index (κ3) is 14.2. The van der Waals surface area contributed by atoms with E-state index in [9.17, 15) is 60.1 Å². The Bertz CT molecular complexity index is 1490. The van der Waals surface area contributed by atoms with Gasteiger partial charge >= 0.3 is 37.2 Å². The molecule has 0 saturated carbocycles. The van der Waals surface area contributed by atoms with Crippen LogP contribution in [-0.2, 0) is 90.8 Å². The van der Waals surface area contributed by atoms with Crippen LogP contribution in [0.15, 0.2) is 11.8 Å². The quantitative estimate of drug-likeness (QED) is 0.0660. The van der Waals surface area contributed by atoms with E-state index in [-0.39, 0.29) is 26.0 Å². The minimum Gasteiger partial charge on any atom is -0.478 e. The molecule has 3 rings (SSSR count). The SMILES string of the molecule is C.CC1O[C@@H](COCC2C(COC[C@@H]3OC(C(=O)O)=CC(O)C3O)C(O)OC(COS(=O)(=O)O)[C@H]2O)C(OS(=O)(=O)O)C(O)[C@@H]1OS(=O)(=O)O.[V]. The van der Waals surface area contributed by atoms with Crippen molar-refractivity contribution in [3.63, 3.8) is 0 Å². The number of hydrogen-bond donors (Lipinski definition) is 9. The van der Waals surface area contributed by atoms with Gasteiger partial charge in [0.25, 0.3) is 0 Å².